The standard InChI is InChI=1S/C19H26N2O3/c22-18-17(12-14-5-2-1-3-6-14)21(10-9-20-18)13-15-7-4-8-16(11-15)19(23)24/h4,7-8,11,14,17H,1-3,5-6,9-10,12-13H2,(H,20,22)(H,23,24). The summed E-state index contributed by atoms with van der Waals surface area (Å²) in [5, 5.41) is 12.1. The number of aromatic carboxylic acids is 1. The average molecular weight is 330 g/mol. The minimum atomic E-state index is -0.910. The molecule has 1 aromatic carbocycles. The van der Waals surface area contributed by atoms with E-state index in [4.69, 9.17) is 5.11 Å². The van der Waals surface area contributed by atoms with E-state index in [-0.39, 0.29) is 11.9 Å². The average Bonchev–Trinajstić information content (AvgIpc) is 2.59. The molecule has 2 fully saturated rings. The lowest BCUT2D eigenvalue weighted by Crippen LogP contribution is -2.55. The van der Waals surface area contributed by atoms with Crippen molar-refractivity contribution in [3.05, 3.63) is 35.4 Å². The van der Waals surface area contributed by atoms with Gasteiger partial charge in [-0.15, -0.1) is 0 Å². The van der Waals surface area contributed by atoms with E-state index in [0.717, 1.165) is 18.5 Å². The van der Waals surface area contributed by atoms with Crippen molar-refractivity contribution < 1.29 is 14.7 Å². The Labute approximate surface area is 143 Å². The minimum Gasteiger partial charge on any atom is -0.478 e. The molecule has 5 nitrogen and oxygen atoms in total. The van der Waals surface area contributed by atoms with Gasteiger partial charge in [-0.05, 0) is 30.0 Å². The normalized spacial score (nSPS) is 23.0. The molecular formula is C19H26N2O3. The predicted molar refractivity (Wildman–Crippen MR) is 91.8 cm³/mol. The zero-order chi connectivity index (χ0) is 16.9. The van der Waals surface area contributed by atoms with E-state index in [1.807, 2.05) is 6.07 Å². The van der Waals surface area contributed by atoms with Crippen LogP contribution in [0, 0.1) is 5.92 Å². The summed E-state index contributed by atoms with van der Waals surface area (Å²) in [5.74, 6) is -0.145. The summed E-state index contributed by atoms with van der Waals surface area (Å²) in [6.07, 6.45) is 7.25. The highest BCUT2D eigenvalue weighted by molar-refractivity contribution is 5.87. The number of amides is 1. The van der Waals surface area contributed by atoms with Crippen LogP contribution in [0.15, 0.2) is 24.3 Å². The number of piperazine rings is 1. The second kappa shape index (κ2) is 7.79. The number of hydrogen-bond donors (Lipinski definition) is 2. The number of carbonyl (C=O) groups excluding carboxylic acids is 1. The Morgan fingerprint density at radius 3 is 2.79 bits per heavy atom. The lowest BCUT2D eigenvalue weighted by atomic mass is 9.84. The van der Waals surface area contributed by atoms with E-state index in [1.54, 1.807) is 18.2 Å². The van der Waals surface area contributed by atoms with E-state index in [1.165, 1.54) is 32.1 Å². The molecule has 0 bridgehead atoms. The molecule has 1 amide bonds. The second-order valence-electron chi connectivity index (χ2n) is 7.02. The van der Waals surface area contributed by atoms with Crippen LogP contribution in [0.25, 0.3) is 0 Å². The van der Waals surface area contributed by atoms with Crippen LogP contribution in [-0.4, -0.2) is 41.0 Å². The van der Waals surface area contributed by atoms with Crippen LogP contribution in [0.3, 0.4) is 0 Å². The van der Waals surface area contributed by atoms with Crippen molar-refractivity contribution in [3.63, 3.8) is 0 Å². The predicted octanol–water partition coefficient (Wildman–Crippen LogP) is 2.66. The highest BCUT2D eigenvalue weighted by atomic mass is 16.4. The van der Waals surface area contributed by atoms with E-state index < -0.39 is 5.97 Å². The van der Waals surface area contributed by atoms with E-state index in [0.29, 0.717) is 24.6 Å². The maximum absolute atomic E-state index is 12.4. The molecule has 2 aliphatic rings. The van der Waals surface area contributed by atoms with Crippen LogP contribution >= 0.6 is 0 Å². The van der Waals surface area contributed by atoms with E-state index >= 15 is 0 Å². The van der Waals surface area contributed by atoms with Crippen LogP contribution in [-0.2, 0) is 11.3 Å². The SMILES string of the molecule is O=C(O)c1cccc(CN2CCNC(=O)C2CC2CCCCC2)c1. The van der Waals surface area contributed by atoms with Gasteiger partial charge in [0.1, 0.15) is 0 Å². The van der Waals surface area contributed by atoms with Gasteiger partial charge in [-0.2, -0.15) is 0 Å². The number of carboxylic acids is 1. The van der Waals surface area contributed by atoms with Gasteiger partial charge in [-0.3, -0.25) is 9.69 Å². The molecule has 1 aliphatic carbocycles. The van der Waals surface area contributed by atoms with Crippen LogP contribution in [0.4, 0.5) is 0 Å². The zero-order valence-corrected chi connectivity index (χ0v) is 14.0. The molecule has 24 heavy (non-hydrogen) atoms. The second-order valence-corrected chi connectivity index (χ2v) is 7.02. The Morgan fingerprint density at radius 1 is 1.25 bits per heavy atom. The zero-order valence-electron chi connectivity index (χ0n) is 14.0. The van der Waals surface area contributed by atoms with Crippen molar-refractivity contribution in [1.29, 1.82) is 0 Å². The van der Waals surface area contributed by atoms with Crippen molar-refractivity contribution in [2.75, 3.05) is 13.1 Å². The number of rotatable bonds is 5. The molecule has 0 spiro atoms. The van der Waals surface area contributed by atoms with Gasteiger partial charge in [-0.25, -0.2) is 4.79 Å². The molecular weight excluding hydrogens is 304 g/mol. The molecule has 0 radical (unpaired) electrons. The highest BCUT2D eigenvalue weighted by Gasteiger charge is 2.32. The van der Waals surface area contributed by atoms with Gasteiger partial charge < -0.3 is 10.4 Å². The topological polar surface area (TPSA) is 69.6 Å². The summed E-state index contributed by atoms with van der Waals surface area (Å²) >= 11 is 0. The summed E-state index contributed by atoms with van der Waals surface area (Å²) in [4.78, 5) is 25.8. The lowest BCUT2D eigenvalue weighted by molar-refractivity contribution is -0.130. The third-order valence-electron chi connectivity index (χ3n) is 5.28. The van der Waals surface area contributed by atoms with Gasteiger partial charge in [0.15, 0.2) is 0 Å². The Balaban J connectivity index is 1.70. The van der Waals surface area contributed by atoms with Crippen molar-refractivity contribution in [2.45, 2.75) is 51.1 Å². The third-order valence-corrected chi connectivity index (χ3v) is 5.28. The van der Waals surface area contributed by atoms with Crippen molar-refractivity contribution >= 4 is 11.9 Å². The summed E-state index contributed by atoms with van der Waals surface area (Å²) in [7, 11) is 0. The fraction of sp³-hybridized carbons (Fsp3) is 0.579. The first-order valence-corrected chi connectivity index (χ1v) is 8.97. The Morgan fingerprint density at radius 2 is 2.04 bits per heavy atom. The Bertz CT molecular complexity index is 596. The van der Waals surface area contributed by atoms with Gasteiger partial charge >= 0.3 is 5.97 Å². The van der Waals surface area contributed by atoms with Gasteiger partial charge in [0.25, 0.3) is 0 Å². The first-order chi connectivity index (χ1) is 11.6. The van der Waals surface area contributed by atoms with Crippen molar-refractivity contribution in [2.24, 2.45) is 5.92 Å². The third kappa shape index (κ3) is 4.15. The van der Waals surface area contributed by atoms with Gasteiger partial charge in [0.2, 0.25) is 5.91 Å². The Hall–Kier alpha value is -1.88. The quantitative estimate of drug-likeness (QED) is 0.871. The highest BCUT2D eigenvalue weighted by Crippen LogP contribution is 2.29. The summed E-state index contributed by atoms with van der Waals surface area (Å²) in [6, 6.07) is 6.95. The van der Waals surface area contributed by atoms with Crippen molar-refractivity contribution in [3.8, 4) is 0 Å². The molecule has 1 unspecified atom stereocenters. The first kappa shape index (κ1) is 17.0. The molecule has 130 valence electrons. The summed E-state index contributed by atoms with van der Waals surface area (Å²) < 4.78 is 0. The molecule has 1 heterocycles. The van der Waals surface area contributed by atoms with E-state index in [9.17, 15) is 9.59 Å². The lowest BCUT2D eigenvalue weighted by Gasteiger charge is -2.37. The van der Waals surface area contributed by atoms with Crippen LogP contribution in [0.2, 0.25) is 0 Å². The van der Waals surface area contributed by atoms with E-state index in [2.05, 4.69) is 10.2 Å². The summed E-state index contributed by atoms with van der Waals surface area (Å²) in [6.45, 7) is 2.12. The molecule has 1 saturated carbocycles. The van der Waals surface area contributed by atoms with Gasteiger partial charge in [-0.1, -0.05) is 44.2 Å². The number of nitrogens with zero attached hydrogens (tertiary/aromatic N) is 1. The fourth-order valence-corrected chi connectivity index (χ4v) is 3.98. The number of carboxylic acid groups (broad SMARTS) is 1. The summed E-state index contributed by atoms with van der Waals surface area (Å²) in [5.41, 5.74) is 1.26. The molecule has 1 aromatic rings. The number of nitrogens with one attached hydrogen (secondary N) is 1. The van der Waals surface area contributed by atoms with Crippen LogP contribution < -0.4 is 5.32 Å². The van der Waals surface area contributed by atoms with Crippen LogP contribution in [0.1, 0.15) is 54.4 Å². The molecule has 1 aliphatic heterocycles. The molecule has 1 saturated heterocycles. The smallest absolute Gasteiger partial charge is 0.335 e. The maximum atomic E-state index is 12.4. The maximum Gasteiger partial charge on any atom is 0.335 e. The molecule has 5 heteroatoms. The van der Waals surface area contributed by atoms with Crippen LogP contribution in [0.5, 0.6) is 0 Å². The monoisotopic (exact) mass is 330 g/mol. The number of hydrogen-bond acceptors (Lipinski definition) is 3. The Kier molecular flexibility index (Phi) is 5.51. The van der Waals surface area contributed by atoms with Gasteiger partial charge in [0.05, 0.1) is 11.6 Å². The first-order valence-electron chi connectivity index (χ1n) is 8.97. The van der Waals surface area contributed by atoms with Crippen molar-refractivity contribution in [1.82, 2.24) is 10.2 Å². The number of carbonyl (C=O) groups is 2. The largest absolute Gasteiger partial charge is 0.478 e. The minimum absolute atomic E-state index is 0.0877. The molecule has 1 atom stereocenters. The number of benzene rings is 1. The van der Waals surface area contributed by atoms with Gasteiger partial charge in [0, 0.05) is 19.6 Å². The molecule has 3 rings (SSSR count). The fourth-order valence-electron chi connectivity index (χ4n) is 3.98. The molecule has 0 aromatic heterocycles. The molecule has 2 N–H and O–H groups in total.